The monoisotopic (exact) mass is 387 g/mol. The Balaban J connectivity index is 3.23. The second-order valence-electron chi connectivity index (χ2n) is 9.83. The van der Waals surface area contributed by atoms with Crippen LogP contribution < -0.4 is 0 Å². The number of hydrogen-bond donors (Lipinski definition) is 1. The smallest absolute Gasteiger partial charge is 0.246 e. The third kappa shape index (κ3) is 7.00. The maximum atomic E-state index is 12.7. The van der Waals surface area contributed by atoms with Crippen LogP contribution in [-0.2, 0) is 15.6 Å². The Bertz CT molecular complexity index is 632. The molecule has 0 spiro atoms. The number of carbonyl (C=O) groups excluding carboxylic acids is 1. The summed E-state index contributed by atoms with van der Waals surface area (Å²) in [6.07, 6.45) is 7.83. The van der Waals surface area contributed by atoms with E-state index in [9.17, 15) is 9.90 Å². The second-order valence-corrected chi connectivity index (χ2v) is 9.83. The van der Waals surface area contributed by atoms with Crippen LogP contribution in [0.3, 0.4) is 0 Å². The number of carbonyl (C=O) groups is 1. The van der Waals surface area contributed by atoms with E-state index in [4.69, 9.17) is 0 Å². The number of nitrogens with zero attached hydrogens (tertiary/aromatic N) is 1. The fourth-order valence-corrected chi connectivity index (χ4v) is 3.20. The molecule has 0 aliphatic heterocycles. The molecule has 3 nitrogen and oxygen atoms in total. The summed E-state index contributed by atoms with van der Waals surface area (Å²) in [5, 5.41) is 10.8. The van der Waals surface area contributed by atoms with Gasteiger partial charge in [-0.25, -0.2) is 0 Å². The Labute approximate surface area is 172 Å². The summed E-state index contributed by atoms with van der Waals surface area (Å²) < 4.78 is 0. The summed E-state index contributed by atoms with van der Waals surface area (Å²) in [5.74, 6) is 0.445. The molecule has 0 heterocycles. The first-order valence-corrected chi connectivity index (χ1v) is 10.8. The Hall–Kier alpha value is -1.77. The quantitative estimate of drug-likeness (QED) is 0.522. The van der Waals surface area contributed by atoms with E-state index in [0.717, 1.165) is 55.5 Å². The van der Waals surface area contributed by atoms with Crippen molar-refractivity contribution in [2.45, 2.75) is 91.9 Å². The number of phenolic OH excluding ortho intramolecular Hbond substituents is 1. The van der Waals surface area contributed by atoms with Gasteiger partial charge in [-0.05, 0) is 47.4 Å². The van der Waals surface area contributed by atoms with E-state index in [1.54, 1.807) is 6.08 Å². The minimum Gasteiger partial charge on any atom is -0.507 e. The van der Waals surface area contributed by atoms with Crippen LogP contribution in [0.15, 0.2) is 18.2 Å². The van der Waals surface area contributed by atoms with E-state index in [1.165, 1.54) is 0 Å². The fraction of sp³-hybridized carbons (Fsp3) is 0.640. The van der Waals surface area contributed by atoms with Gasteiger partial charge in [0.25, 0.3) is 0 Å². The molecule has 1 aromatic rings. The van der Waals surface area contributed by atoms with Gasteiger partial charge in [-0.15, -0.1) is 0 Å². The average molecular weight is 388 g/mol. The highest BCUT2D eigenvalue weighted by Crippen LogP contribution is 2.40. The molecule has 0 aromatic heterocycles. The summed E-state index contributed by atoms with van der Waals surface area (Å²) in [4.78, 5) is 14.7. The third-order valence-corrected chi connectivity index (χ3v) is 5.04. The van der Waals surface area contributed by atoms with Crippen molar-refractivity contribution < 1.29 is 9.90 Å². The number of rotatable bonds is 8. The van der Waals surface area contributed by atoms with E-state index in [-0.39, 0.29) is 16.7 Å². The first-order chi connectivity index (χ1) is 12.9. The summed E-state index contributed by atoms with van der Waals surface area (Å²) in [6, 6.07) is 4.02. The van der Waals surface area contributed by atoms with Crippen molar-refractivity contribution in [3.8, 4) is 5.75 Å². The second kappa shape index (κ2) is 10.1. The molecule has 3 heteroatoms. The Morgan fingerprint density at radius 2 is 1.36 bits per heavy atom. The number of amides is 1. The van der Waals surface area contributed by atoms with Gasteiger partial charge in [0.05, 0.1) is 0 Å². The van der Waals surface area contributed by atoms with Crippen LogP contribution >= 0.6 is 0 Å². The number of hydrogen-bond acceptors (Lipinski definition) is 2. The van der Waals surface area contributed by atoms with Gasteiger partial charge in [0.1, 0.15) is 5.75 Å². The van der Waals surface area contributed by atoms with E-state index < -0.39 is 0 Å². The normalized spacial score (nSPS) is 12.6. The van der Waals surface area contributed by atoms with Gasteiger partial charge in [0, 0.05) is 30.3 Å². The molecule has 0 saturated heterocycles. The van der Waals surface area contributed by atoms with Gasteiger partial charge in [0.2, 0.25) is 5.91 Å². The lowest BCUT2D eigenvalue weighted by Crippen LogP contribution is -2.31. The molecule has 0 atom stereocenters. The lowest BCUT2D eigenvalue weighted by molar-refractivity contribution is -0.126. The molecule has 1 N–H and O–H groups in total. The highest BCUT2D eigenvalue weighted by Gasteiger charge is 2.26. The van der Waals surface area contributed by atoms with Crippen molar-refractivity contribution >= 4 is 12.0 Å². The molecule has 158 valence electrons. The first-order valence-electron chi connectivity index (χ1n) is 10.8. The molecule has 1 rings (SSSR count). The molecule has 0 aliphatic carbocycles. The summed E-state index contributed by atoms with van der Waals surface area (Å²) >= 11 is 0. The summed E-state index contributed by atoms with van der Waals surface area (Å²) in [6.45, 7) is 18.5. The highest BCUT2D eigenvalue weighted by molar-refractivity contribution is 5.91. The molecular formula is C25H41NO2. The standard InChI is InChI=1S/C25H41NO2/c1-9-11-15-26(16-12-10-2)22(27)14-13-19-17-20(24(3,4)5)23(28)21(18-19)25(6,7)8/h13-14,17-18,28H,9-12,15-16H2,1-8H3/b14-13+. The first kappa shape index (κ1) is 24.3. The van der Waals surface area contributed by atoms with Crippen LogP contribution in [0, 0.1) is 0 Å². The van der Waals surface area contributed by atoms with Crippen LogP contribution in [0.5, 0.6) is 5.75 Å². The largest absolute Gasteiger partial charge is 0.507 e. The molecule has 1 amide bonds. The minimum atomic E-state index is -0.174. The molecular weight excluding hydrogens is 346 g/mol. The van der Waals surface area contributed by atoms with Crippen molar-refractivity contribution in [3.05, 3.63) is 34.9 Å². The van der Waals surface area contributed by atoms with Crippen LogP contribution in [0.25, 0.3) is 6.08 Å². The van der Waals surface area contributed by atoms with Crippen molar-refractivity contribution in [1.82, 2.24) is 4.90 Å². The Kier molecular flexibility index (Phi) is 8.78. The van der Waals surface area contributed by atoms with Gasteiger partial charge in [-0.2, -0.15) is 0 Å². The minimum absolute atomic E-state index is 0.0737. The Morgan fingerprint density at radius 1 is 0.929 bits per heavy atom. The van der Waals surface area contributed by atoms with Crippen molar-refractivity contribution in [2.24, 2.45) is 0 Å². The van der Waals surface area contributed by atoms with E-state index in [1.807, 2.05) is 23.1 Å². The van der Waals surface area contributed by atoms with Crippen molar-refractivity contribution in [2.75, 3.05) is 13.1 Å². The lowest BCUT2D eigenvalue weighted by Gasteiger charge is -2.28. The fourth-order valence-electron chi connectivity index (χ4n) is 3.20. The predicted octanol–water partition coefficient (Wildman–Crippen LogP) is 6.43. The SMILES string of the molecule is CCCCN(CCCC)C(=O)/C=C/c1cc(C(C)(C)C)c(O)c(C(C)(C)C)c1. The van der Waals surface area contributed by atoms with E-state index in [0.29, 0.717) is 5.75 Å². The maximum absolute atomic E-state index is 12.7. The molecule has 0 saturated carbocycles. The zero-order chi connectivity index (χ0) is 21.5. The molecule has 0 unspecified atom stereocenters. The van der Waals surface area contributed by atoms with Crippen LogP contribution in [-0.4, -0.2) is 29.0 Å². The molecule has 0 radical (unpaired) electrons. The number of benzene rings is 1. The third-order valence-electron chi connectivity index (χ3n) is 5.04. The summed E-state index contributed by atoms with van der Waals surface area (Å²) in [7, 11) is 0. The number of phenols is 1. The van der Waals surface area contributed by atoms with E-state index >= 15 is 0 Å². The van der Waals surface area contributed by atoms with Crippen LogP contribution in [0.1, 0.15) is 97.8 Å². The number of unbranched alkanes of at least 4 members (excludes halogenated alkanes) is 2. The predicted molar refractivity (Wildman–Crippen MR) is 121 cm³/mol. The van der Waals surface area contributed by atoms with Gasteiger partial charge in [0.15, 0.2) is 0 Å². The molecule has 0 aliphatic rings. The maximum Gasteiger partial charge on any atom is 0.246 e. The van der Waals surface area contributed by atoms with E-state index in [2.05, 4.69) is 55.4 Å². The molecule has 1 aromatic carbocycles. The van der Waals surface area contributed by atoms with Crippen LogP contribution in [0.4, 0.5) is 0 Å². The van der Waals surface area contributed by atoms with Gasteiger partial charge < -0.3 is 10.0 Å². The molecule has 0 fully saturated rings. The van der Waals surface area contributed by atoms with Crippen LogP contribution in [0.2, 0.25) is 0 Å². The molecule has 28 heavy (non-hydrogen) atoms. The van der Waals surface area contributed by atoms with Gasteiger partial charge in [-0.3, -0.25) is 4.79 Å². The lowest BCUT2D eigenvalue weighted by atomic mass is 9.78. The number of aromatic hydroxyl groups is 1. The Morgan fingerprint density at radius 3 is 1.71 bits per heavy atom. The zero-order valence-electron chi connectivity index (χ0n) is 19.4. The van der Waals surface area contributed by atoms with Gasteiger partial charge in [-0.1, -0.05) is 68.2 Å². The van der Waals surface area contributed by atoms with Crippen molar-refractivity contribution in [1.29, 1.82) is 0 Å². The van der Waals surface area contributed by atoms with Gasteiger partial charge >= 0.3 is 0 Å². The molecule has 0 bridgehead atoms. The average Bonchev–Trinajstić information content (AvgIpc) is 2.58. The summed E-state index contributed by atoms with van der Waals surface area (Å²) in [5.41, 5.74) is 2.45. The zero-order valence-corrected chi connectivity index (χ0v) is 19.4. The topological polar surface area (TPSA) is 40.5 Å². The van der Waals surface area contributed by atoms with Crippen molar-refractivity contribution in [3.63, 3.8) is 0 Å². The highest BCUT2D eigenvalue weighted by atomic mass is 16.3.